The van der Waals surface area contributed by atoms with Crippen LogP contribution in [0.5, 0.6) is 0 Å². The molecule has 2 unspecified atom stereocenters. The van der Waals surface area contributed by atoms with Crippen LogP contribution >= 0.6 is 0 Å². The van der Waals surface area contributed by atoms with Crippen molar-refractivity contribution in [2.24, 2.45) is 5.73 Å². The van der Waals surface area contributed by atoms with Crippen molar-refractivity contribution in [3.63, 3.8) is 0 Å². The fourth-order valence-electron chi connectivity index (χ4n) is 1.53. The van der Waals surface area contributed by atoms with E-state index < -0.39 is 6.67 Å². The number of halogens is 1. The lowest BCUT2D eigenvalue weighted by Gasteiger charge is -2.28. The van der Waals surface area contributed by atoms with Crippen LogP contribution in [-0.4, -0.2) is 25.4 Å². The third kappa shape index (κ3) is 2.75. The number of hydrogen-bond acceptors (Lipinski definition) is 2. The first-order valence-electron chi connectivity index (χ1n) is 4.27. The molecule has 2 atom stereocenters. The van der Waals surface area contributed by atoms with Gasteiger partial charge in [-0.2, -0.15) is 0 Å². The van der Waals surface area contributed by atoms with Gasteiger partial charge in [-0.1, -0.05) is 12.8 Å². The third-order valence-electron chi connectivity index (χ3n) is 2.16. The fraction of sp³-hybridized carbons (Fsp3) is 1.00. The van der Waals surface area contributed by atoms with Crippen LogP contribution in [0.25, 0.3) is 0 Å². The Morgan fingerprint density at radius 3 is 2.73 bits per heavy atom. The van der Waals surface area contributed by atoms with Crippen LogP contribution < -0.4 is 5.73 Å². The standard InChI is InChI=1S/C8H16FNO/c9-5-6-11-8-4-2-1-3-7(8)10/h7-8H,1-6,10H2. The summed E-state index contributed by atoms with van der Waals surface area (Å²) in [4.78, 5) is 0. The van der Waals surface area contributed by atoms with Gasteiger partial charge in [-0.05, 0) is 12.8 Å². The second kappa shape index (κ2) is 4.67. The molecule has 0 heterocycles. The second-order valence-corrected chi connectivity index (χ2v) is 3.05. The van der Waals surface area contributed by atoms with Gasteiger partial charge in [0.05, 0.1) is 12.7 Å². The third-order valence-corrected chi connectivity index (χ3v) is 2.16. The molecule has 0 amide bonds. The van der Waals surface area contributed by atoms with Gasteiger partial charge < -0.3 is 10.5 Å². The summed E-state index contributed by atoms with van der Waals surface area (Å²) in [5, 5.41) is 0. The zero-order valence-electron chi connectivity index (χ0n) is 6.76. The summed E-state index contributed by atoms with van der Waals surface area (Å²) in [6.07, 6.45) is 4.50. The lowest BCUT2D eigenvalue weighted by molar-refractivity contribution is 0.00886. The van der Waals surface area contributed by atoms with Crippen molar-refractivity contribution in [2.75, 3.05) is 13.3 Å². The van der Waals surface area contributed by atoms with Crippen LogP contribution in [-0.2, 0) is 4.74 Å². The molecule has 0 bridgehead atoms. The van der Waals surface area contributed by atoms with E-state index in [1.54, 1.807) is 0 Å². The van der Waals surface area contributed by atoms with Gasteiger partial charge >= 0.3 is 0 Å². The summed E-state index contributed by atoms with van der Waals surface area (Å²) in [5.41, 5.74) is 5.77. The molecule has 1 aliphatic carbocycles. The van der Waals surface area contributed by atoms with Gasteiger partial charge in [0.25, 0.3) is 0 Å². The van der Waals surface area contributed by atoms with E-state index in [0.29, 0.717) is 0 Å². The predicted molar refractivity (Wildman–Crippen MR) is 42.2 cm³/mol. The summed E-state index contributed by atoms with van der Waals surface area (Å²) >= 11 is 0. The number of ether oxygens (including phenoxy) is 1. The lowest BCUT2D eigenvalue weighted by Crippen LogP contribution is -2.39. The Labute approximate surface area is 66.9 Å². The summed E-state index contributed by atoms with van der Waals surface area (Å²) < 4.78 is 17.0. The molecule has 0 radical (unpaired) electrons. The van der Waals surface area contributed by atoms with Crippen LogP contribution in [0.1, 0.15) is 25.7 Å². The number of nitrogens with two attached hydrogens (primary N) is 1. The predicted octanol–water partition coefficient (Wildman–Crippen LogP) is 1.24. The van der Waals surface area contributed by atoms with Crippen molar-refractivity contribution in [3.05, 3.63) is 0 Å². The highest BCUT2D eigenvalue weighted by Gasteiger charge is 2.21. The van der Waals surface area contributed by atoms with Crippen molar-refractivity contribution in [1.82, 2.24) is 0 Å². The Bertz CT molecular complexity index is 110. The SMILES string of the molecule is NC1CCCCC1OCCF. The van der Waals surface area contributed by atoms with E-state index in [1.165, 1.54) is 12.8 Å². The molecule has 1 fully saturated rings. The Balaban J connectivity index is 2.18. The van der Waals surface area contributed by atoms with E-state index in [9.17, 15) is 4.39 Å². The van der Waals surface area contributed by atoms with Crippen LogP contribution in [0.4, 0.5) is 4.39 Å². The van der Waals surface area contributed by atoms with Crippen LogP contribution in [0.3, 0.4) is 0 Å². The molecule has 1 aliphatic rings. The summed E-state index contributed by atoms with van der Waals surface area (Å²) in [5.74, 6) is 0. The summed E-state index contributed by atoms with van der Waals surface area (Å²) in [6.45, 7) is -0.193. The minimum Gasteiger partial charge on any atom is -0.374 e. The van der Waals surface area contributed by atoms with Gasteiger partial charge in [0.2, 0.25) is 0 Å². The Kier molecular flexibility index (Phi) is 3.80. The fourth-order valence-corrected chi connectivity index (χ4v) is 1.53. The minimum absolute atomic E-state index is 0.111. The highest BCUT2D eigenvalue weighted by atomic mass is 19.1. The van der Waals surface area contributed by atoms with Crippen LogP contribution in [0.15, 0.2) is 0 Å². The summed E-state index contributed by atoms with van der Waals surface area (Å²) in [7, 11) is 0. The topological polar surface area (TPSA) is 35.2 Å². The monoisotopic (exact) mass is 161 g/mol. The van der Waals surface area contributed by atoms with Crippen molar-refractivity contribution >= 4 is 0 Å². The van der Waals surface area contributed by atoms with Crippen molar-refractivity contribution in [2.45, 2.75) is 37.8 Å². The normalized spacial score (nSPS) is 32.2. The van der Waals surface area contributed by atoms with E-state index in [4.69, 9.17) is 10.5 Å². The second-order valence-electron chi connectivity index (χ2n) is 3.05. The van der Waals surface area contributed by atoms with Gasteiger partial charge in [0.1, 0.15) is 6.67 Å². The molecule has 0 aromatic heterocycles. The van der Waals surface area contributed by atoms with Gasteiger partial charge in [-0.25, -0.2) is 4.39 Å². The maximum Gasteiger partial charge on any atom is 0.113 e. The van der Waals surface area contributed by atoms with Gasteiger partial charge in [-0.15, -0.1) is 0 Å². The smallest absolute Gasteiger partial charge is 0.113 e. The van der Waals surface area contributed by atoms with Gasteiger partial charge in [-0.3, -0.25) is 0 Å². The molecule has 11 heavy (non-hydrogen) atoms. The van der Waals surface area contributed by atoms with Crippen molar-refractivity contribution < 1.29 is 9.13 Å². The first kappa shape index (κ1) is 8.94. The highest BCUT2D eigenvalue weighted by Crippen LogP contribution is 2.19. The maximum atomic E-state index is 11.7. The Morgan fingerprint density at radius 1 is 1.36 bits per heavy atom. The molecule has 2 nitrogen and oxygen atoms in total. The molecule has 0 aliphatic heterocycles. The molecular weight excluding hydrogens is 145 g/mol. The average molecular weight is 161 g/mol. The van der Waals surface area contributed by atoms with E-state index in [1.807, 2.05) is 0 Å². The molecule has 0 spiro atoms. The zero-order valence-corrected chi connectivity index (χ0v) is 6.76. The first-order chi connectivity index (χ1) is 5.34. The largest absolute Gasteiger partial charge is 0.374 e. The van der Waals surface area contributed by atoms with Gasteiger partial charge in [0, 0.05) is 6.04 Å². The van der Waals surface area contributed by atoms with Crippen molar-refractivity contribution in [1.29, 1.82) is 0 Å². The van der Waals surface area contributed by atoms with Gasteiger partial charge in [0.15, 0.2) is 0 Å². The molecule has 1 rings (SSSR count). The van der Waals surface area contributed by atoms with E-state index >= 15 is 0 Å². The number of hydrogen-bond donors (Lipinski definition) is 1. The molecule has 1 saturated carbocycles. The highest BCUT2D eigenvalue weighted by molar-refractivity contribution is 4.78. The Hall–Kier alpha value is -0.150. The van der Waals surface area contributed by atoms with E-state index in [-0.39, 0.29) is 18.8 Å². The lowest BCUT2D eigenvalue weighted by atomic mass is 9.93. The molecular formula is C8H16FNO. The summed E-state index contributed by atoms with van der Waals surface area (Å²) in [6, 6.07) is 0.135. The first-order valence-corrected chi connectivity index (χ1v) is 4.27. The average Bonchev–Trinajstić information content (AvgIpc) is 2.03. The quantitative estimate of drug-likeness (QED) is 0.676. The molecule has 3 heteroatoms. The molecule has 66 valence electrons. The molecule has 0 aromatic rings. The zero-order chi connectivity index (χ0) is 8.10. The Morgan fingerprint density at radius 2 is 2.09 bits per heavy atom. The number of alkyl halides is 1. The van der Waals surface area contributed by atoms with Crippen molar-refractivity contribution in [3.8, 4) is 0 Å². The molecule has 0 saturated heterocycles. The number of rotatable bonds is 3. The van der Waals surface area contributed by atoms with E-state index in [0.717, 1.165) is 12.8 Å². The molecule has 0 aromatic carbocycles. The van der Waals surface area contributed by atoms with Crippen LogP contribution in [0, 0.1) is 0 Å². The van der Waals surface area contributed by atoms with E-state index in [2.05, 4.69) is 0 Å². The van der Waals surface area contributed by atoms with Crippen LogP contribution in [0.2, 0.25) is 0 Å². The molecule has 2 N–H and O–H groups in total. The maximum absolute atomic E-state index is 11.7. The minimum atomic E-state index is -0.400.